The van der Waals surface area contributed by atoms with E-state index in [9.17, 15) is 31.4 Å². The average Bonchev–Trinajstić information content (AvgIpc) is 3.88. The first-order valence-corrected chi connectivity index (χ1v) is 14.0. The number of fused-ring (bicyclic) bond motifs is 5. The molecule has 0 atom stereocenters. The van der Waals surface area contributed by atoms with Gasteiger partial charge in [0, 0.05) is 5.41 Å². The predicted octanol–water partition coefficient (Wildman–Crippen LogP) is 5.29. The van der Waals surface area contributed by atoms with Crippen LogP contribution in [0, 0.1) is 63.6 Å². The van der Waals surface area contributed by atoms with Crippen LogP contribution in [0.1, 0.15) is 25.0 Å². The Morgan fingerprint density at radius 1 is 0.540 bits per heavy atom. The molecule has 7 rings (SSSR count). The van der Waals surface area contributed by atoms with Gasteiger partial charge in [0.1, 0.15) is 0 Å². The molecule has 0 amide bonds. The maximum atomic E-state index is 15.3. The summed E-state index contributed by atoms with van der Waals surface area (Å²) in [7, 11) is 0. The molecular weight excluding hydrogens is 734 g/mol. The maximum absolute atomic E-state index is 15.3. The Bertz CT molecular complexity index is 2420. The third-order valence-corrected chi connectivity index (χ3v) is 8.16. The zero-order chi connectivity index (χ0) is 35.3. The third-order valence-electron chi connectivity index (χ3n) is 8.16. The van der Waals surface area contributed by atoms with Crippen molar-refractivity contribution in [3.63, 3.8) is 0 Å². The minimum Gasteiger partial charge on any atom is -0.873 e. The smallest absolute Gasteiger partial charge is 0.873 e. The molecular formula is C34H14CuF10N4O. The Balaban J connectivity index is 0.00000432. The summed E-state index contributed by atoms with van der Waals surface area (Å²) in [6.45, 7) is 3.06. The molecule has 1 radical (unpaired) electrons. The molecule has 0 saturated heterocycles. The van der Waals surface area contributed by atoms with Gasteiger partial charge < -0.3 is 10.1 Å². The molecule has 5 nitrogen and oxygen atoms in total. The average molecular weight is 748 g/mol. The maximum Gasteiger partial charge on any atom is 2.00 e. The van der Waals surface area contributed by atoms with Gasteiger partial charge in [-0.05, 0) is 47.6 Å². The molecule has 1 aromatic heterocycles. The third kappa shape index (κ3) is 5.04. The summed E-state index contributed by atoms with van der Waals surface area (Å²) in [5.74, 6) is -23.8. The van der Waals surface area contributed by atoms with E-state index in [1.165, 1.54) is 38.2 Å². The summed E-state index contributed by atoms with van der Waals surface area (Å²) >= 11 is 0. The summed E-state index contributed by atoms with van der Waals surface area (Å²) < 4.78 is 147. The van der Waals surface area contributed by atoms with Crippen molar-refractivity contribution in [2.75, 3.05) is 0 Å². The number of benzene rings is 2. The summed E-state index contributed by atoms with van der Waals surface area (Å²) in [4.78, 5) is 16.9. The SMILES string of the molecule is CC1(C)C2=NC(=C1[O-])C=C1C=CC(=N1)C(c1c(F)c(F)c(F)c(F)c1F)=c1ccc([n-]1)=C(c1c(F)c(F)c(F)c(F)c1F)C1=NC(=C2)C=C1.[Cu+2]. The zero-order valence-corrected chi connectivity index (χ0v) is 25.8. The van der Waals surface area contributed by atoms with Crippen LogP contribution >= 0.6 is 0 Å². The first-order chi connectivity index (χ1) is 23.1. The van der Waals surface area contributed by atoms with Crippen molar-refractivity contribution in [3.8, 4) is 0 Å². The van der Waals surface area contributed by atoms with Gasteiger partial charge in [-0.2, -0.15) is 0 Å². The van der Waals surface area contributed by atoms with E-state index in [1.54, 1.807) is 0 Å². The van der Waals surface area contributed by atoms with Gasteiger partial charge in [-0.15, -0.1) is 10.7 Å². The van der Waals surface area contributed by atoms with Crippen molar-refractivity contribution in [3.05, 3.63) is 151 Å². The van der Waals surface area contributed by atoms with E-state index in [2.05, 4.69) is 20.0 Å². The van der Waals surface area contributed by atoms with Crippen molar-refractivity contribution >= 4 is 28.3 Å². The Morgan fingerprint density at radius 2 is 0.920 bits per heavy atom. The van der Waals surface area contributed by atoms with Crippen LogP contribution in [0.2, 0.25) is 0 Å². The molecule has 0 fully saturated rings. The first-order valence-electron chi connectivity index (χ1n) is 14.0. The fourth-order valence-corrected chi connectivity index (χ4v) is 5.61. The predicted molar refractivity (Wildman–Crippen MR) is 154 cm³/mol. The number of aromatic nitrogens is 1. The van der Waals surface area contributed by atoms with Gasteiger partial charge in [0.05, 0.1) is 45.4 Å². The Morgan fingerprint density at radius 3 is 1.34 bits per heavy atom. The van der Waals surface area contributed by atoms with Gasteiger partial charge in [0.15, 0.2) is 46.5 Å². The molecule has 0 unspecified atom stereocenters. The first kappa shape index (κ1) is 34.6. The van der Waals surface area contributed by atoms with Crippen molar-refractivity contribution in [1.82, 2.24) is 4.98 Å². The van der Waals surface area contributed by atoms with Crippen LogP contribution in [-0.2, 0) is 17.1 Å². The quantitative estimate of drug-likeness (QED) is 0.155. The second-order valence-corrected chi connectivity index (χ2v) is 11.5. The van der Waals surface area contributed by atoms with Crippen LogP contribution < -0.4 is 20.8 Å². The summed E-state index contributed by atoms with van der Waals surface area (Å²) in [6.07, 6.45) is 7.42. The topological polar surface area (TPSA) is 74.2 Å². The molecule has 0 saturated carbocycles. The van der Waals surface area contributed by atoms with Crippen LogP contribution in [0.3, 0.4) is 0 Å². The van der Waals surface area contributed by atoms with Crippen molar-refractivity contribution < 1.29 is 66.1 Å². The minimum absolute atomic E-state index is 0. The van der Waals surface area contributed by atoms with Gasteiger partial charge in [-0.25, -0.2) is 53.9 Å². The van der Waals surface area contributed by atoms with Gasteiger partial charge in [-0.3, -0.25) is 4.99 Å². The van der Waals surface area contributed by atoms with Gasteiger partial charge in [0.25, 0.3) is 0 Å². The Kier molecular flexibility index (Phi) is 8.30. The fourth-order valence-electron chi connectivity index (χ4n) is 5.61. The summed E-state index contributed by atoms with van der Waals surface area (Å²) in [5.41, 5.74) is -6.61. The molecule has 2 aromatic carbocycles. The molecule has 4 aliphatic heterocycles. The standard InChI is InChI=1S/C34H15F10N4O.Cu/c1-34(2)18-10-12-4-6-14(46-12)20(22-25(37)29(41)32(44)30(42)26(22)38)16-8-7-15(47-16)19(21-23(35)27(39)31(43)28(40)24(21)36)13-5-3-11(45-13)9-17(48-18)33(34)49;/h3-10H,1-2H3,(H-,45,46,47,48,49);/q-1;+2/p-1. The van der Waals surface area contributed by atoms with Crippen LogP contribution in [0.25, 0.3) is 11.1 Å². The molecule has 0 aliphatic carbocycles. The van der Waals surface area contributed by atoms with Gasteiger partial charge in [-0.1, -0.05) is 31.7 Å². The second kappa shape index (κ2) is 12.0. The number of halogens is 10. The Hall–Kier alpha value is -5.21. The molecule has 3 aromatic rings. The summed E-state index contributed by atoms with van der Waals surface area (Å²) in [6, 6.07) is 1.92. The van der Waals surface area contributed by atoms with Crippen LogP contribution in [0.15, 0.2) is 86.4 Å². The minimum atomic E-state index is -2.46. The van der Waals surface area contributed by atoms with E-state index < -0.39 is 114 Å². The van der Waals surface area contributed by atoms with Crippen LogP contribution in [-0.4, -0.2) is 17.1 Å². The molecule has 0 N–H and O–H groups in total. The molecule has 50 heavy (non-hydrogen) atoms. The molecule has 8 bridgehead atoms. The number of nitrogens with zero attached hydrogens (tertiary/aromatic N) is 4. The van der Waals surface area contributed by atoms with Gasteiger partial charge in [0.2, 0.25) is 11.6 Å². The number of allylic oxidation sites excluding steroid dienone is 7. The molecule has 16 heteroatoms. The van der Waals surface area contributed by atoms with E-state index >= 15 is 17.6 Å². The zero-order valence-electron chi connectivity index (χ0n) is 24.9. The van der Waals surface area contributed by atoms with Crippen molar-refractivity contribution in [1.29, 1.82) is 0 Å². The molecule has 0 spiro atoms. The largest absolute Gasteiger partial charge is 2.00 e. The van der Waals surface area contributed by atoms with Crippen molar-refractivity contribution in [2.24, 2.45) is 20.4 Å². The number of aliphatic imine (C=N–C) groups is 3. The van der Waals surface area contributed by atoms with Crippen LogP contribution in [0.4, 0.5) is 43.9 Å². The molecule has 5 heterocycles. The number of hydrogen-bond donors (Lipinski definition) is 0. The van der Waals surface area contributed by atoms with E-state index in [0.29, 0.717) is 0 Å². The normalized spacial score (nSPS) is 17.6. The van der Waals surface area contributed by atoms with E-state index in [1.807, 2.05) is 0 Å². The fraction of sp³-hybridized carbons (Fsp3) is 0.0882. The number of rotatable bonds is 2. The molecule has 257 valence electrons. The van der Waals surface area contributed by atoms with E-state index in [-0.39, 0.29) is 39.9 Å². The van der Waals surface area contributed by atoms with E-state index in [4.69, 9.17) is 0 Å². The summed E-state index contributed by atoms with van der Waals surface area (Å²) in [5, 5.41) is 12.2. The second-order valence-electron chi connectivity index (χ2n) is 11.5. The Labute approximate surface area is 284 Å². The number of hydrogen-bond acceptors (Lipinski definition) is 4. The van der Waals surface area contributed by atoms with Crippen molar-refractivity contribution in [2.45, 2.75) is 13.8 Å². The van der Waals surface area contributed by atoms with Crippen LogP contribution in [0.5, 0.6) is 0 Å². The molecule has 4 aliphatic rings. The van der Waals surface area contributed by atoms with Gasteiger partial charge >= 0.3 is 17.1 Å². The monoisotopic (exact) mass is 747 g/mol. The van der Waals surface area contributed by atoms with E-state index in [0.717, 1.165) is 24.3 Å².